The van der Waals surface area contributed by atoms with Gasteiger partial charge in [-0.15, -0.1) is 0 Å². The molecule has 9 nitrogen and oxygen atoms in total. The highest BCUT2D eigenvalue weighted by molar-refractivity contribution is 5.82. The number of carboxylic acid groups (broad SMARTS) is 1. The molecular weight excluding hydrogens is 489 g/mol. The van der Waals surface area contributed by atoms with Crippen molar-refractivity contribution < 1.29 is 27.8 Å². The summed E-state index contributed by atoms with van der Waals surface area (Å²) in [6.07, 6.45) is 0.276. The summed E-state index contributed by atoms with van der Waals surface area (Å²) in [6, 6.07) is 12.5. The number of carbonyl (C=O) groups is 1. The molecule has 12 heteroatoms. The van der Waals surface area contributed by atoms with Crippen LogP contribution in [-0.4, -0.2) is 52.6 Å². The number of aliphatic carboxylic acids is 1. The minimum Gasteiger partial charge on any atom is -0.494 e. The summed E-state index contributed by atoms with van der Waals surface area (Å²) in [5, 5.41) is 32.1. The van der Waals surface area contributed by atoms with Crippen molar-refractivity contribution in [3.05, 3.63) is 47.7 Å². The smallest absolute Gasteiger partial charge is 0.490 e. The maximum Gasteiger partial charge on any atom is 0.490 e. The summed E-state index contributed by atoms with van der Waals surface area (Å²) in [5.74, 6) is -1.07. The SMILES string of the molecule is CCOc1ccc(Nc2c(C)c(NCC3CCCCN3)c(C#N)c3ccnn23)cc1.O=C(O)C(F)(F)F. The number of nitrogens with zero attached hydrogens (tertiary/aromatic N) is 3. The molecule has 1 aliphatic rings. The number of rotatable bonds is 7. The lowest BCUT2D eigenvalue weighted by molar-refractivity contribution is -0.192. The molecule has 0 aliphatic carbocycles. The first-order valence-corrected chi connectivity index (χ1v) is 11.8. The third-order valence-corrected chi connectivity index (χ3v) is 5.81. The Hall–Kier alpha value is -3.98. The molecule has 1 saturated heterocycles. The fourth-order valence-electron chi connectivity index (χ4n) is 4.01. The first kappa shape index (κ1) is 27.6. The first-order valence-electron chi connectivity index (χ1n) is 11.8. The third kappa shape index (κ3) is 7.04. The van der Waals surface area contributed by atoms with Gasteiger partial charge in [0, 0.05) is 23.8 Å². The summed E-state index contributed by atoms with van der Waals surface area (Å²) in [5.41, 5.74) is 4.18. The molecule has 2 aromatic heterocycles. The van der Waals surface area contributed by atoms with E-state index in [4.69, 9.17) is 14.6 Å². The fraction of sp³-hybridized carbons (Fsp3) is 0.400. The minimum atomic E-state index is -5.08. The third-order valence-electron chi connectivity index (χ3n) is 5.81. The topological polar surface area (TPSA) is 124 Å². The molecule has 0 saturated carbocycles. The summed E-state index contributed by atoms with van der Waals surface area (Å²) in [7, 11) is 0. The summed E-state index contributed by atoms with van der Waals surface area (Å²) in [6.45, 7) is 6.48. The Labute approximate surface area is 212 Å². The Balaban J connectivity index is 0.000000479. The molecule has 0 bridgehead atoms. The van der Waals surface area contributed by atoms with E-state index in [-0.39, 0.29) is 0 Å². The Bertz CT molecular complexity index is 1250. The molecule has 1 aromatic carbocycles. The number of halogens is 3. The zero-order valence-electron chi connectivity index (χ0n) is 20.5. The second kappa shape index (κ2) is 12.3. The van der Waals surface area contributed by atoms with E-state index in [2.05, 4.69) is 27.1 Å². The van der Waals surface area contributed by atoms with Crippen molar-refractivity contribution in [1.82, 2.24) is 14.9 Å². The molecular formula is C25H29F3N6O3. The van der Waals surface area contributed by atoms with Crippen LogP contribution in [0.2, 0.25) is 0 Å². The maximum absolute atomic E-state index is 10.6. The second-order valence-corrected chi connectivity index (χ2v) is 8.38. The average Bonchev–Trinajstić information content (AvgIpc) is 3.36. The maximum atomic E-state index is 10.6. The molecule has 0 amide bonds. The van der Waals surface area contributed by atoms with E-state index < -0.39 is 12.1 Å². The molecule has 0 spiro atoms. The standard InChI is InChI=1S/C23H28N6O.C2HF3O2/c1-3-30-19-9-7-17(8-10-19)28-23-16(2)22(26-15-18-6-4-5-12-25-18)20(14-24)21-11-13-27-29(21)23;3-2(4,5)1(6)7/h7-11,13,18,25-26,28H,3-6,12,15H2,1-2H3;(H,6,7). The van der Waals surface area contributed by atoms with Gasteiger partial charge >= 0.3 is 12.1 Å². The van der Waals surface area contributed by atoms with Crippen molar-refractivity contribution in [1.29, 1.82) is 5.26 Å². The van der Waals surface area contributed by atoms with E-state index in [1.165, 1.54) is 12.8 Å². The van der Waals surface area contributed by atoms with Gasteiger partial charge in [0.25, 0.3) is 0 Å². The second-order valence-electron chi connectivity index (χ2n) is 8.38. The molecule has 1 fully saturated rings. The number of piperidine rings is 1. The number of hydrogen-bond acceptors (Lipinski definition) is 7. The van der Waals surface area contributed by atoms with E-state index in [0.717, 1.165) is 53.5 Å². The van der Waals surface area contributed by atoms with Gasteiger partial charge in [-0.2, -0.15) is 23.5 Å². The van der Waals surface area contributed by atoms with Gasteiger partial charge in [0.2, 0.25) is 0 Å². The van der Waals surface area contributed by atoms with Crippen molar-refractivity contribution in [2.24, 2.45) is 0 Å². The highest BCUT2D eigenvalue weighted by atomic mass is 19.4. The van der Waals surface area contributed by atoms with Crippen LogP contribution in [0.1, 0.15) is 37.3 Å². The highest BCUT2D eigenvalue weighted by Crippen LogP contribution is 2.33. The van der Waals surface area contributed by atoms with Gasteiger partial charge in [-0.05, 0) is 63.6 Å². The predicted octanol–water partition coefficient (Wildman–Crippen LogP) is 4.84. The predicted molar refractivity (Wildman–Crippen MR) is 133 cm³/mol. The van der Waals surface area contributed by atoms with Gasteiger partial charge in [0.05, 0.1) is 24.0 Å². The van der Waals surface area contributed by atoms with Crippen molar-refractivity contribution in [2.45, 2.75) is 45.3 Å². The van der Waals surface area contributed by atoms with Gasteiger partial charge < -0.3 is 25.8 Å². The van der Waals surface area contributed by atoms with E-state index in [1.807, 2.05) is 44.2 Å². The van der Waals surface area contributed by atoms with Gasteiger partial charge in [0.15, 0.2) is 0 Å². The molecule has 3 aromatic rings. The first-order chi connectivity index (χ1) is 17.7. The van der Waals surface area contributed by atoms with E-state index in [0.29, 0.717) is 18.2 Å². The number of aromatic nitrogens is 2. The minimum absolute atomic E-state index is 0.424. The number of hydrogen-bond donors (Lipinski definition) is 4. The number of carboxylic acids is 1. The van der Waals surface area contributed by atoms with Gasteiger partial charge in [-0.1, -0.05) is 6.42 Å². The number of ether oxygens (including phenoxy) is 1. The molecule has 37 heavy (non-hydrogen) atoms. The number of anilines is 3. The molecule has 4 rings (SSSR count). The van der Waals surface area contributed by atoms with Gasteiger partial charge in [0.1, 0.15) is 23.2 Å². The number of alkyl halides is 3. The van der Waals surface area contributed by atoms with Gasteiger partial charge in [-0.25, -0.2) is 9.31 Å². The summed E-state index contributed by atoms with van der Waals surface area (Å²) in [4.78, 5) is 8.90. The largest absolute Gasteiger partial charge is 0.494 e. The van der Waals surface area contributed by atoms with Crippen LogP contribution in [0.4, 0.5) is 30.4 Å². The van der Waals surface area contributed by atoms with Crippen LogP contribution in [0, 0.1) is 18.3 Å². The van der Waals surface area contributed by atoms with E-state index in [9.17, 15) is 18.4 Å². The Morgan fingerprint density at radius 2 is 2.00 bits per heavy atom. The Morgan fingerprint density at radius 3 is 2.57 bits per heavy atom. The average molecular weight is 519 g/mol. The normalized spacial score (nSPS) is 15.3. The molecule has 0 radical (unpaired) electrons. The van der Waals surface area contributed by atoms with Crippen LogP contribution in [0.3, 0.4) is 0 Å². The molecule has 1 unspecified atom stereocenters. The summed E-state index contributed by atoms with van der Waals surface area (Å²) >= 11 is 0. The number of benzene rings is 1. The summed E-state index contributed by atoms with van der Waals surface area (Å²) < 4.78 is 39.1. The molecule has 1 atom stereocenters. The quantitative estimate of drug-likeness (QED) is 0.350. The molecule has 1 aliphatic heterocycles. The van der Waals surface area contributed by atoms with Crippen LogP contribution < -0.4 is 20.7 Å². The van der Waals surface area contributed by atoms with Crippen molar-refractivity contribution >= 4 is 28.7 Å². The fourth-order valence-corrected chi connectivity index (χ4v) is 4.01. The van der Waals surface area contributed by atoms with E-state index in [1.54, 1.807) is 10.7 Å². The number of fused-ring (bicyclic) bond motifs is 1. The van der Waals surface area contributed by atoms with Crippen molar-refractivity contribution in [3.8, 4) is 11.8 Å². The Morgan fingerprint density at radius 1 is 1.30 bits per heavy atom. The van der Waals surface area contributed by atoms with Crippen LogP contribution in [-0.2, 0) is 4.79 Å². The van der Waals surface area contributed by atoms with Gasteiger partial charge in [-0.3, -0.25) is 0 Å². The van der Waals surface area contributed by atoms with Crippen LogP contribution in [0.5, 0.6) is 5.75 Å². The lowest BCUT2D eigenvalue weighted by Crippen LogP contribution is -2.39. The Kier molecular flexibility index (Phi) is 9.19. The van der Waals surface area contributed by atoms with Crippen LogP contribution in [0.25, 0.3) is 5.52 Å². The molecule has 198 valence electrons. The zero-order valence-corrected chi connectivity index (χ0v) is 20.5. The number of nitrogens with one attached hydrogen (secondary N) is 3. The monoisotopic (exact) mass is 518 g/mol. The number of pyridine rings is 1. The lowest BCUT2D eigenvalue weighted by atomic mass is 10.0. The van der Waals surface area contributed by atoms with Crippen LogP contribution >= 0.6 is 0 Å². The molecule has 3 heterocycles. The van der Waals surface area contributed by atoms with E-state index >= 15 is 0 Å². The van der Waals surface area contributed by atoms with Crippen LogP contribution in [0.15, 0.2) is 36.5 Å². The molecule has 4 N–H and O–H groups in total. The number of nitriles is 1. The lowest BCUT2D eigenvalue weighted by Gasteiger charge is -2.25. The van der Waals surface area contributed by atoms with Crippen molar-refractivity contribution in [2.75, 3.05) is 30.3 Å². The zero-order chi connectivity index (χ0) is 27.0. The highest BCUT2D eigenvalue weighted by Gasteiger charge is 2.38. The van der Waals surface area contributed by atoms with Crippen molar-refractivity contribution in [3.63, 3.8) is 0 Å².